The molecule has 0 amide bonds. The molecular formula is C25H49O9P. The fourth-order valence-corrected chi connectivity index (χ4v) is 4.18. The summed E-state index contributed by atoms with van der Waals surface area (Å²) in [6, 6.07) is 0. The molecule has 10 heteroatoms. The molecule has 0 aliphatic heterocycles. The minimum Gasteiger partial charge on any atom is -0.462 e. The van der Waals surface area contributed by atoms with Crippen molar-refractivity contribution in [3.63, 3.8) is 0 Å². The third-order valence-electron chi connectivity index (χ3n) is 5.47. The van der Waals surface area contributed by atoms with Crippen molar-refractivity contribution in [1.29, 1.82) is 0 Å². The monoisotopic (exact) mass is 524 g/mol. The van der Waals surface area contributed by atoms with Crippen molar-refractivity contribution in [3.8, 4) is 0 Å². The van der Waals surface area contributed by atoms with Crippen LogP contribution in [0.5, 0.6) is 0 Å². The lowest BCUT2D eigenvalue weighted by Gasteiger charge is -2.19. The van der Waals surface area contributed by atoms with E-state index in [1.807, 2.05) is 0 Å². The van der Waals surface area contributed by atoms with Crippen molar-refractivity contribution in [3.05, 3.63) is 0 Å². The number of aliphatic hydroxyl groups excluding tert-OH is 1. The van der Waals surface area contributed by atoms with Crippen LogP contribution in [0.3, 0.4) is 0 Å². The van der Waals surface area contributed by atoms with E-state index in [2.05, 4.69) is 18.4 Å². The van der Waals surface area contributed by atoms with Crippen LogP contribution in [0, 0.1) is 0 Å². The van der Waals surface area contributed by atoms with Gasteiger partial charge in [0, 0.05) is 12.8 Å². The van der Waals surface area contributed by atoms with Crippen LogP contribution in [0.2, 0.25) is 0 Å². The van der Waals surface area contributed by atoms with E-state index in [9.17, 15) is 19.0 Å². The standard InChI is InChI=1S/C25H49O9P/c1-3-5-7-9-10-11-12-14-16-18-25(28)34-23(22-33-35(29,30)32-20-19-26)21-31-24(27)17-15-13-8-6-4-2/h23,26H,3-22H2,1-2H3,(H,29,30)/t23-/m1/s1. The topological polar surface area (TPSA) is 129 Å². The van der Waals surface area contributed by atoms with Gasteiger partial charge in [-0.1, -0.05) is 90.9 Å². The van der Waals surface area contributed by atoms with E-state index in [1.54, 1.807) is 0 Å². The molecule has 0 heterocycles. The number of unbranched alkanes of at least 4 members (excludes halogenated alkanes) is 12. The van der Waals surface area contributed by atoms with Crippen LogP contribution in [0.25, 0.3) is 0 Å². The zero-order chi connectivity index (χ0) is 26.2. The summed E-state index contributed by atoms with van der Waals surface area (Å²) in [6.07, 6.45) is 14.5. The second kappa shape index (κ2) is 23.4. The maximum Gasteiger partial charge on any atom is 0.472 e. The molecule has 0 radical (unpaired) electrons. The van der Waals surface area contributed by atoms with Crippen LogP contribution in [0.1, 0.15) is 117 Å². The van der Waals surface area contributed by atoms with Crippen LogP contribution in [-0.2, 0) is 32.7 Å². The van der Waals surface area contributed by atoms with Gasteiger partial charge in [0.05, 0.1) is 19.8 Å². The zero-order valence-electron chi connectivity index (χ0n) is 21.9. The van der Waals surface area contributed by atoms with Crippen molar-refractivity contribution in [1.82, 2.24) is 0 Å². The number of esters is 2. The van der Waals surface area contributed by atoms with Gasteiger partial charge in [-0.3, -0.25) is 18.6 Å². The molecule has 2 atom stereocenters. The smallest absolute Gasteiger partial charge is 0.462 e. The molecule has 0 saturated heterocycles. The van der Waals surface area contributed by atoms with Crippen molar-refractivity contribution in [2.75, 3.05) is 26.4 Å². The van der Waals surface area contributed by atoms with Gasteiger partial charge in [-0.25, -0.2) is 4.57 Å². The molecule has 0 rings (SSSR count). The van der Waals surface area contributed by atoms with Crippen LogP contribution in [0.15, 0.2) is 0 Å². The zero-order valence-corrected chi connectivity index (χ0v) is 22.8. The Hall–Kier alpha value is -0.990. The average molecular weight is 525 g/mol. The number of aliphatic hydroxyl groups is 1. The summed E-state index contributed by atoms with van der Waals surface area (Å²) in [4.78, 5) is 33.9. The second-order valence-corrected chi connectivity index (χ2v) is 10.3. The summed E-state index contributed by atoms with van der Waals surface area (Å²) in [7, 11) is -4.42. The van der Waals surface area contributed by atoms with Gasteiger partial charge in [-0.15, -0.1) is 0 Å². The fourth-order valence-electron chi connectivity index (χ4n) is 3.44. The summed E-state index contributed by atoms with van der Waals surface area (Å²) < 4.78 is 31.8. The SMILES string of the molecule is CCCCCCCCCCCC(=O)O[C@H](COC(=O)CCCCCCC)COP(=O)(O)OCCO. The predicted molar refractivity (Wildman–Crippen MR) is 135 cm³/mol. The van der Waals surface area contributed by atoms with Gasteiger partial charge in [0.15, 0.2) is 6.10 Å². The average Bonchev–Trinajstić information content (AvgIpc) is 2.83. The molecule has 0 fully saturated rings. The summed E-state index contributed by atoms with van der Waals surface area (Å²) in [6.45, 7) is 2.77. The summed E-state index contributed by atoms with van der Waals surface area (Å²) in [5, 5.41) is 8.73. The Balaban J connectivity index is 4.39. The first kappa shape index (κ1) is 34.0. The first-order valence-corrected chi connectivity index (χ1v) is 14.9. The molecule has 0 aliphatic carbocycles. The van der Waals surface area contributed by atoms with Crippen LogP contribution < -0.4 is 0 Å². The molecule has 35 heavy (non-hydrogen) atoms. The highest BCUT2D eigenvalue weighted by molar-refractivity contribution is 7.47. The van der Waals surface area contributed by atoms with E-state index in [4.69, 9.17) is 19.1 Å². The van der Waals surface area contributed by atoms with E-state index >= 15 is 0 Å². The van der Waals surface area contributed by atoms with Crippen molar-refractivity contribution in [2.24, 2.45) is 0 Å². The van der Waals surface area contributed by atoms with Crippen molar-refractivity contribution >= 4 is 19.8 Å². The first-order valence-electron chi connectivity index (χ1n) is 13.4. The first-order chi connectivity index (χ1) is 16.8. The Bertz CT molecular complexity index is 571. The minimum absolute atomic E-state index is 0.218. The van der Waals surface area contributed by atoms with Gasteiger partial charge in [0.25, 0.3) is 0 Å². The molecule has 9 nitrogen and oxygen atoms in total. The maximum absolute atomic E-state index is 12.3. The normalized spacial score (nSPS) is 13.8. The molecule has 0 bridgehead atoms. The fraction of sp³-hybridized carbons (Fsp3) is 0.920. The van der Waals surface area contributed by atoms with Crippen molar-refractivity contribution < 1.29 is 42.7 Å². The number of carbonyl (C=O) groups is 2. The van der Waals surface area contributed by atoms with Gasteiger partial charge in [-0.2, -0.15) is 0 Å². The molecule has 0 aromatic carbocycles. The molecule has 0 saturated carbocycles. The molecule has 0 aromatic rings. The van der Waals surface area contributed by atoms with E-state index in [0.717, 1.165) is 51.4 Å². The van der Waals surface area contributed by atoms with Gasteiger partial charge in [0.2, 0.25) is 0 Å². The number of phosphoric acid groups is 1. The van der Waals surface area contributed by atoms with E-state index < -0.39 is 39.1 Å². The van der Waals surface area contributed by atoms with Gasteiger partial charge < -0.3 is 19.5 Å². The molecular weight excluding hydrogens is 475 g/mol. The number of carbonyl (C=O) groups excluding carboxylic acids is 2. The van der Waals surface area contributed by atoms with Gasteiger partial charge in [0.1, 0.15) is 6.61 Å². The molecule has 1 unspecified atom stereocenters. The molecule has 2 N–H and O–H groups in total. The van der Waals surface area contributed by atoms with Crippen LogP contribution in [-0.4, -0.2) is 54.5 Å². The lowest BCUT2D eigenvalue weighted by atomic mass is 10.1. The van der Waals surface area contributed by atoms with Gasteiger partial charge in [-0.05, 0) is 12.8 Å². The minimum atomic E-state index is -4.42. The number of rotatable bonds is 25. The summed E-state index contributed by atoms with van der Waals surface area (Å²) in [5.74, 6) is -0.883. The molecule has 0 aromatic heterocycles. The van der Waals surface area contributed by atoms with E-state index in [-0.39, 0.29) is 26.1 Å². The lowest BCUT2D eigenvalue weighted by Crippen LogP contribution is -2.29. The number of hydrogen-bond acceptors (Lipinski definition) is 8. The summed E-state index contributed by atoms with van der Waals surface area (Å²) >= 11 is 0. The Morgan fingerprint density at radius 1 is 0.714 bits per heavy atom. The van der Waals surface area contributed by atoms with E-state index in [1.165, 1.54) is 32.1 Å². The Labute approximate surface area is 211 Å². The molecule has 208 valence electrons. The largest absolute Gasteiger partial charge is 0.472 e. The molecule has 0 spiro atoms. The highest BCUT2D eigenvalue weighted by Gasteiger charge is 2.26. The van der Waals surface area contributed by atoms with Crippen molar-refractivity contribution in [2.45, 2.75) is 123 Å². The summed E-state index contributed by atoms with van der Waals surface area (Å²) in [5.41, 5.74) is 0. The van der Waals surface area contributed by atoms with Crippen LogP contribution in [0.4, 0.5) is 0 Å². The highest BCUT2D eigenvalue weighted by Crippen LogP contribution is 2.43. The Morgan fingerprint density at radius 3 is 1.71 bits per heavy atom. The third kappa shape index (κ3) is 23.2. The Morgan fingerprint density at radius 2 is 1.20 bits per heavy atom. The second-order valence-electron chi connectivity index (χ2n) is 8.86. The van der Waals surface area contributed by atoms with Crippen LogP contribution >= 0.6 is 7.82 Å². The quantitative estimate of drug-likeness (QED) is 0.0858. The third-order valence-corrected chi connectivity index (χ3v) is 6.45. The number of phosphoric ester groups is 1. The number of ether oxygens (including phenoxy) is 2. The predicted octanol–water partition coefficient (Wildman–Crippen LogP) is 5.85. The highest BCUT2D eigenvalue weighted by atomic mass is 31.2. The van der Waals surface area contributed by atoms with E-state index in [0.29, 0.717) is 6.42 Å². The van der Waals surface area contributed by atoms with Gasteiger partial charge >= 0.3 is 19.8 Å². The Kier molecular flexibility index (Phi) is 22.7. The lowest BCUT2D eigenvalue weighted by molar-refractivity contribution is -0.161. The maximum atomic E-state index is 12.3. The molecule has 0 aliphatic rings. The number of hydrogen-bond donors (Lipinski definition) is 2.